The van der Waals surface area contributed by atoms with Crippen LogP contribution < -0.4 is 5.32 Å². The Balaban J connectivity index is 1.82. The van der Waals surface area contributed by atoms with Crippen LogP contribution in [0.25, 0.3) is 0 Å². The molecule has 0 unspecified atom stereocenters. The zero-order chi connectivity index (χ0) is 18.2. The number of rotatable bonds is 7. The normalized spacial score (nSPS) is 14.2. The van der Waals surface area contributed by atoms with E-state index in [1.54, 1.807) is 29.2 Å². The molecular weight excluding hydrogens is 320 g/mol. The van der Waals surface area contributed by atoms with Crippen LogP contribution in [-0.4, -0.2) is 42.4 Å². The van der Waals surface area contributed by atoms with Crippen LogP contribution in [0, 0.1) is 5.92 Å². The molecule has 6 nitrogen and oxygen atoms in total. The summed E-state index contributed by atoms with van der Waals surface area (Å²) >= 11 is 0. The zero-order valence-corrected chi connectivity index (χ0v) is 14.9. The van der Waals surface area contributed by atoms with Gasteiger partial charge in [-0.1, -0.05) is 12.8 Å². The number of hydrogen-bond donors (Lipinski definition) is 1. The van der Waals surface area contributed by atoms with Crippen molar-refractivity contribution < 1.29 is 19.1 Å². The van der Waals surface area contributed by atoms with Gasteiger partial charge in [-0.25, -0.2) is 0 Å². The number of benzene rings is 1. The minimum atomic E-state index is -0.380. The SMILES string of the molecule is CCN(CC)C(=O)c1ccc(NC(=O)COC(=O)C2CCCC2)cc1. The van der Waals surface area contributed by atoms with Crippen molar-refractivity contribution in [2.45, 2.75) is 39.5 Å². The maximum atomic E-state index is 12.2. The predicted molar refractivity (Wildman–Crippen MR) is 95.2 cm³/mol. The molecule has 0 bridgehead atoms. The maximum Gasteiger partial charge on any atom is 0.309 e. The number of esters is 1. The van der Waals surface area contributed by atoms with Crippen LogP contribution in [0.15, 0.2) is 24.3 Å². The smallest absolute Gasteiger partial charge is 0.309 e. The van der Waals surface area contributed by atoms with Gasteiger partial charge in [-0.3, -0.25) is 14.4 Å². The fourth-order valence-corrected chi connectivity index (χ4v) is 3.00. The molecule has 1 N–H and O–H groups in total. The van der Waals surface area contributed by atoms with Crippen molar-refractivity contribution in [2.24, 2.45) is 5.92 Å². The van der Waals surface area contributed by atoms with Gasteiger partial charge in [-0.05, 0) is 51.0 Å². The molecule has 0 aliphatic heterocycles. The van der Waals surface area contributed by atoms with Gasteiger partial charge < -0.3 is 15.0 Å². The third kappa shape index (κ3) is 5.31. The fraction of sp³-hybridized carbons (Fsp3) is 0.526. The van der Waals surface area contributed by atoms with Crippen LogP contribution in [-0.2, 0) is 14.3 Å². The second-order valence-corrected chi connectivity index (χ2v) is 6.19. The van der Waals surface area contributed by atoms with Crippen molar-refractivity contribution in [3.8, 4) is 0 Å². The molecule has 1 fully saturated rings. The van der Waals surface area contributed by atoms with Crippen LogP contribution in [0.3, 0.4) is 0 Å². The van der Waals surface area contributed by atoms with Gasteiger partial charge in [0.2, 0.25) is 0 Å². The summed E-state index contributed by atoms with van der Waals surface area (Å²) in [5.41, 5.74) is 1.15. The number of carbonyl (C=O) groups is 3. The monoisotopic (exact) mass is 346 g/mol. The second-order valence-electron chi connectivity index (χ2n) is 6.19. The van der Waals surface area contributed by atoms with E-state index >= 15 is 0 Å². The van der Waals surface area contributed by atoms with Crippen molar-refractivity contribution in [1.82, 2.24) is 4.90 Å². The molecule has 0 atom stereocenters. The molecule has 0 saturated heterocycles. The van der Waals surface area contributed by atoms with E-state index in [9.17, 15) is 14.4 Å². The molecular formula is C19H26N2O4. The molecule has 2 amide bonds. The Morgan fingerprint density at radius 1 is 1.08 bits per heavy atom. The molecule has 2 rings (SSSR count). The molecule has 0 spiro atoms. The summed E-state index contributed by atoms with van der Waals surface area (Å²) in [6.07, 6.45) is 3.79. The van der Waals surface area contributed by atoms with Crippen LogP contribution >= 0.6 is 0 Å². The van der Waals surface area contributed by atoms with Crippen LogP contribution in [0.5, 0.6) is 0 Å². The number of amides is 2. The highest BCUT2D eigenvalue weighted by Crippen LogP contribution is 2.25. The van der Waals surface area contributed by atoms with Gasteiger partial charge >= 0.3 is 5.97 Å². The molecule has 1 aliphatic rings. The highest BCUT2D eigenvalue weighted by Gasteiger charge is 2.24. The number of nitrogens with zero attached hydrogens (tertiary/aromatic N) is 1. The van der Waals surface area contributed by atoms with E-state index in [2.05, 4.69) is 5.32 Å². The van der Waals surface area contributed by atoms with Crippen LogP contribution in [0.2, 0.25) is 0 Å². The molecule has 0 aromatic heterocycles. The average molecular weight is 346 g/mol. The van der Waals surface area contributed by atoms with Gasteiger partial charge in [-0.2, -0.15) is 0 Å². The lowest BCUT2D eigenvalue weighted by atomic mass is 10.1. The summed E-state index contributed by atoms with van der Waals surface area (Å²) in [6, 6.07) is 6.71. The first-order chi connectivity index (χ1) is 12.0. The number of ether oxygens (including phenoxy) is 1. The summed E-state index contributed by atoms with van der Waals surface area (Å²) < 4.78 is 5.07. The van der Waals surface area contributed by atoms with Gasteiger partial charge in [0.15, 0.2) is 6.61 Å². The van der Waals surface area contributed by atoms with E-state index in [0.29, 0.717) is 24.3 Å². The second kappa shape index (κ2) is 9.20. The largest absolute Gasteiger partial charge is 0.455 e. The van der Waals surface area contributed by atoms with Gasteiger partial charge in [0.25, 0.3) is 11.8 Å². The third-order valence-electron chi connectivity index (χ3n) is 4.50. The fourth-order valence-electron chi connectivity index (χ4n) is 3.00. The van der Waals surface area contributed by atoms with Crippen LogP contribution in [0.4, 0.5) is 5.69 Å². The predicted octanol–water partition coefficient (Wildman–Crippen LogP) is 2.84. The minimum absolute atomic E-state index is 0.0339. The molecule has 1 saturated carbocycles. The summed E-state index contributed by atoms with van der Waals surface area (Å²) in [7, 11) is 0. The first kappa shape index (κ1) is 19.0. The van der Waals surface area contributed by atoms with E-state index in [1.165, 1.54) is 0 Å². The summed E-state index contributed by atoms with van der Waals surface area (Å²) in [5.74, 6) is -0.756. The van der Waals surface area contributed by atoms with Gasteiger partial charge in [0.05, 0.1) is 5.92 Å². The highest BCUT2D eigenvalue weighted by molar-refractivity contribution is 5.96. The van der Waals surface area contributed by atoms with Crippen molar-refractivity contribution in [1.29, 1.82) is 0 Å². The Morgan fingerprint density at radius 3 is 2.24 bits per heavy atom. The lowest BCUT2D eigenvalue weighted by Crippen LogP contribution is -2.30. The number of anilines is 1. The summed E-state index contributed by atoms with van der Waals surface area (Å²) in [6.45, 7) is 4.89. The maximum absolute atomic E-state index is 12.2. The van der Waals surface area contributed by atoms with Gasteiger partial charge in [0.1, 0.15) is 0 Å². The standard InChI is InChI=1S/C19H26N2O4/c1-3-21(4-2)18(23)14-9-11-16(12-10-14)20-17(22)13-25-19(24)15-7-5-6-8-15/h9-12,15H,3-8,13H2,1-2H3,(H,20,22). The quantitative estimate of drug-likeness (QED) is 0.770. The molecule has 25 heavy (non-hydrogen) atoms. The molecule has 1 aromatic rings. The van der Waals surface area contributed by atoms with Crippen molar-refractivity contribution in [2.75, 3.05) is 25.0 Å². The topological polar surface area (TPSA) is 75.7 Å². The molecule has 0 radical (unpaired) electrons. The van der Waals surface area contributed by atoms with E-state index in [1.807, 2.05) is 13.8 Å². The van der Waals surface area contributed by atoms with Crippen LogP contribution in [0.1, 0.15) is 49.9 Å². The lowest BCUT2D eigenvalue weighted by Gasteiger charge is -2.18. The third-order valence-corrected chi connectivity index (χ3v) is 4.50. The number of carbonyl (C=O) groups excluding carboxylic acids is 3. The summed E-state index contributed by atoms with van der Waals surface area (Å²) in [5, 5.41) is 2.67. The zero-order valence-electron chi connectivity index (χ0n) is 14.9. The van der Waals surface area contributed by atoms with Crippen molar-refractivity contribution in [3.05, 3.63) is 29.8 Å². The summed E-state index contributed by atoms with van der Waals surface area (Å²) in [4.78, 5) is 37.6. The Kier molecular flexibility index (Phi) is 6.98. The molecule has 0 heterocycles. The van der Waals surface area contributed by atoms with E-state index in [4.69, 9.17) is 4.74 Å². The first-order valence-corrected chi connectivity index (χ1v) is 8.91. The van der Waals surface area contributed by atoms with Crippen molar-refractivity contribution in [3.63, 3.8) is 0 Å². The Bertz CT molecular complexity index is 602. The first-order valence-electron chi connectivity index (χ1n) is 8.91. The van der Waals surface area contributed by atoms with E-state index in [0.717, 1.165) is 25.7 Å². The molecule has 1 aromatic carbocycles. The molecule has 6 heteroatoms. The van der Waals surface area contributed by atoms with Crippen molar-refractivity contribution >= 4 is 23.5 Å². The van der Waals surface area contributed by atoms with E-state index < -0.39 is 0 Å². The highest BCUT2D eigenvalue weighted by atomic mass is 16.5. The number of nitrogens with one attached hydrogen (secondary N) is 1. The Labute approximate surface area is 148 Å². The number of hydrogen-bond acceptors (Lipinski definition) is 4. The lowest BCUT2D eigenvalue weighted by molar-refractivity contribution is -0.151. The molecule has 1 aliphatic carbocycles. The van der Waals surface area contributed by atoms with E-state index in [-0.39, 0.29) is 30.3 Å². The Hall–Kier alpha value is -2.37. The molecule has 136 valence electrons. The van der Waals surface area contributed by atoms with Gasteiger partial charge in [0, 0.05) is 24.3 Å². The van der Waals surface area contributed by atoms with Gasteiger partial charge in [-0.15, -0.1) is 0 Å². The minimum Gasteiger partial charge on any atom is -0.455 e. The average Bonchev–Trinajstić information content (AvgIpc) is 3.16. The Morgan fingerprint density at radius 2 is 1.68 bits per heavy atom.